The molecule has 0 aromatic heterocycles. The Hall–Kier alpha value is -1.08. The van der Waals surface area contributed by atoms with Crippen molar-refractivity contribution in [3.63, 3.8) is 0 Å². The second-order valence-corrected chi connectivity index (χ2v) is 11.5. The van der Waals surface area contributed by atoms with Crippen LogP contribution in [-0.2, 0) is 4.74 Å². The van der Waals surface area contributed by atoms with Crippen LogP contribution in [0, 0.1) is 23.2 Å². The highest BCUT2D eigenvalue weighted by atomic mass is 19.3. The standard InChI is InChI=1S/C28H43F2NO3/c1-18(15-31-12-10-23(16-31)34-17-27(29)30)24-8-9-25-20(5-4-11-28(24,25)3)6-7-21-13-22(32)14-26(33)19(21)2/h6-7,18,22-27,32-33H,2,4-5,8-17H2,1,3H3/b20-6+,21-7-/t18?,22-,23-,24-,25+,26+,28-/m1/s1. The molecule has 1 aliphatic heterocycles. The summed E-state index contributed by atoms with van der Waals surface area (Å²) in [5.41, 5.74) is 3.53. The second kappa shape index (κ2) is 10.9. The molecule has 0 aromatic carbocycles. The van der Waals surface area contributed by atoms with E-state index in [-0.39, 0.29) is 11.5 Å². The Kier molecular flexibility index (Phi) is 8.33. The molecule has 192 valence electrons. The third kappa shape index (κ3) is 5.66. The SMILES string of the molecule is C=C1/C(=C\C=C2/CCC[C@]3(C)[C@@H](C(C)CN4CC[C@@H](OCC(F)F)C4)CC[C@@H]23)C[C@@H](O)C[C@@H]1O. The van der Waals surface area contributed by atoms with Crippen molar-refractivity contribution >= 4 is 0 Å². The van der Waals surface area contributed by atoms with E-state index in [0.29, 0.717) is 30.6 Å². The van der Waals surface area contributed by atoms with E-state index in [4.69, 9.17) is 4.74 Å². The van der Waals surface area contributed by atoms with Crippen LogP contribution >= 0.6 is 0 Å². The zero-order valence-electron chi connectivity index (χ0n) is 20.9. The summed E-state index contributed by atoms with van der Waals surface area (Å²) in [6, 6.07) is 0. The van der Waals surface area contributed by atoms with E-state index >= 15 is 0 Å². The van der Waals surface area contributed by atoms with E-state index in [1.54, 1.807) is 0 Å². The van der Waals surface area contributed by atoms with Gasteiger partial charge < -0.3 is 19.8 Å². The largest absolute Gasteiger partial charge is 0.393 e. The summed E-state index contributed by atoms with van der Waals surface area (Å²) in [5, 5.41) is 20.2. The first kappa shape index (κ1) is 26.0. The smallest absolute Gasteiger partial charge is 0.261 e. The quantitative estimate of drug-likeness (QED) is 0.532. The highest BCUT2D eigenvalue weighted by molar-refractivity contribution is 5.38. The molecule has 4 fully saturated rings. The van der Waals surface area contributed by atoms with Crippen molar-refractivity contribution in [1.82, 2.24) is 4.90 Å². The first-order chi connectivity index (χ1) is 16.2. The number of hydrogen-bond acceptors (Lipinski definition) is 4. The number of halogens is 2. The average Bonchev–Trinajstić information content (AvgIpc) is 3.37. The van der Waals surface area contributed by atoms with Crippen molar-refractivity contribution < 1.29 is 23.7 Å². The molecule has 0 amide bonds. The van der Waals surface area contributed by atoms with Gasteiger partial charge >= 0.3 is 0 Å². The van der Waals surface area contributed by atoms with E-state index in [1.165, 1.54) is 31.3 Å². The summed E-state index contributed by atoms with van der Waals surface area (Å²) in [5.74, 6) is 1.80. The number of aliphatic hydroxyl groups is 2. The van der Waals surface area contributed by atoms with Crippen LogP contribution in [-0.4, -0.2) is 66.1 Å². The molecule has 0 spiro atoms. The monoisotopic (exact) mass is 479 g/mol. The molecule has 7 atom stereocenters. The number of alkyl halides is 2. The maximum Gasteiger partial charge on any atom is 0.261 e. The van der Waals surface area contributed by atoms with Crippen LogP contribution in [0.3, 0.4) is 0 Å². The summed E-state index contributed by atoms with van der Waals surface area (Å²) >= 11 is 0. The van der Waals surface area contributed by atoms with Crippen LogP contribution in [0.15, 0.2) is 35.5 Å². The highest BCUT2D eigenvalue weighted by Gasteiger charge is 2.50. The van der Waals surface area contributed by atoms with Gasteiger partial charge in [0, 0.05) is 26.1 Å². The molecule has 3 aliphatic carbocycles. The molecule has 1 saturated heterocycles. The van der Waals surface area contributed by atoms with Crippen LogP contribution < -0.4 is 0 Å². The number of hydrogen-bond donors (Lipinski definition) is 2. The molecular formula is C28H43F2NO3. The van der Waals surface area contributed by atoms with Crippen molar-refractivity contribution in [2.75, 3.05) is 26.2 Å². The number of fused-ring (bicyclic) bond motifs is 1. The Balaban J connectivity index is 1.39. The topological polar surface area (TPSA) is 52.9 Å². The van der Waals surface area contributed by atoms with Gasteiger partial charge in [-0.3, -0.25) is 0 Å². The Morgan fingerprint density at radius 2 is 2.03 bits per heavy atom. The number of likely N-dealkylation sites (tertiary alicyclic amines) is 1. The third-order valence-corrected chi connectivity index (χ3v) is 9.22. The van der Waals surface area contributed by atoms with Gasteiger partial charge in [0.15, 0.2) is 0 Å². The summed E-state index contributed by atoms with van der Waals surface area (Å²) < 4.78 is 30.3. The molecule has 3 saturated carbocycles. The van der Waals surface area contributed by atoms with Gasteiger partial charge in [-0.15, -0.1) is 0 Å². The zero-order valence-corrected chi connectivity index (χ0v) is 20.9. The summed E-state index contributed by atoms with van der Waals surface area (Å²) in [7, 11) is 0. The second-order valence-electron chi connectivity index (χ2n) is 11.5. The van der Waals surface area contributed by atoms with Gasteiger partial charge in [-0.2, -0.15) is 0 Å². The molecule has 0 bridgehead atoms. The van der Waals surface area contributed by atoms with Crippen LogP contribution in [0.4, 0.5) is 8.78 Å². The van der Waals surface area contributed by atoms with Crippen LogP contribution in [0.1, 0.15) is 65.2 Å². The number of ether oxygens (including phenoxy) is 1. The molecular weight excluding hydrogens is 436 g/mol. The van der Waals surface area contributed by atoms with Crippen molar-refractivity contribution in [1.29, 1.82) is 0 Å². The number of allylic oxidation sites excluding steroid dienone is 3. The lowest BCUT2D eigenvalue weighted by Gasteiger charge is -2.45. The van der Waals surface area contributed by atoms with Gasteiger partial charge in [-0.05, 0) is 79.3 Å². The zero-order chi connectivity index (χ0) is 24.5. The van der Waals surface area contributed by atoms with E-state index in [9.17, 15) is 19.0 Å². The average molecular weight is 480 g/mol. The van der Waals surface area contributed by atoms with Crippen molar-refractivity contribution in [2.24, 2.45) is 23.2 Å². The Bertz CT molecular complexity index is 797. The van der Waals surface area contributed by atoms with Gasteiger partial charge in [-0.1, -0.05) is 38.2 Å². The van der Waals surface area contributed by atoms with Gasteiger partial charge in [0.05, 0.1) is 18.3 Å². The highest BCUT2D eigenvalue weighted by Crippen LogP contribution is 2.59. The first-order valence-electron chi connectivity index (χ1n) is 13.2. The van der Waals surface area contributed by atoms with Crippen molar-refractivity contribution in [3.05, 3.63) is 35.5 Å². The molecule has 1 unspecified atom stereocenters. The Morgan fingerprint density at radius 3 is 2.79 bits per heavy atom. The fourth-order valence-electron chi connectivity index (χ4n) is 7.52. The van der Waals surface area contributed by atoms with Crippen molar-refractivity contribution in [2.45, 2.75) is 90.0 Å². The van der Waals surface area contributed by atoms with Crippen LogP contribution in [0.5, 0.6) is 0 Å². The molecule has 34 heavy (non-hydrogen) atoms. The lowest BCUT2D eigenvalue weighted by molar-refractivity contribution is -0.0207. The van der Waals surface area contributed by atoms with E-state index in [1.807, 2.05) is 0 Å². The molecule has 4 nitrogen and oxygen atoms in total. The van der Waals surface area contributed by atoms with Crippen LogP contribution in [0.25, 0.3) is 0 Å². The van der Waals surface area contributed by atoms with Gasteiger partial charge in [-0.25, -0.2) is 8.78 Å². The maximum absolute atomic E-state index is 12.5. The van der Waals surface area contributed by atoms with Crippen molar-refractivity contribution in [3.8, 4) is 0 Å². The molecule has 4 aliphatic rings. The molecule has 2 N–H and O–H groups in total. The van der Waals surface area contributed by atoms with Gasteiger partial charge in [0.1, 0.15) is 6.61 Å². The minimum Gasteiger partial charge on any atom is -0.393 e. The lowest BCUT2D eigenvalue weighted by Crippen LogP contribution is -2.39. The van der Waals surface area contributed by atoms with E-state index < -0.39 is 25.2 Å². The third-order valence-electron chi connectivity index (χ3n) is 9.22. The fourth-order valence-corrected chi connectivity index (χ4v) is 7.52. The molecule has 0 aromatic rings. The minimum atomic E-state index is -2.39. The number of aliphatic hydroxyl groups excluding tert-OH is 2. The Morgan fingerprint density at radius 1 is 1.24 bits per heavy atom. The molecule has 6 heteroatoms. The van der Waals surface area contributed by atoms with Gasteiger partial charge in [0.25, 0.3) is 6.43 Å². The number of nitrogens with zero attached hydrogens (tertiary/aromatic N) is 1. The summed E-state index contributed by atoms with van der Waals surface area (Å²) in [6.45, 7) is 11.2. The minimum absolute atomic E-state index is 0.0584. The van der Waals surface area contributed by atoms with E-state index in [0.717, 1.165) is 43.6 Å². The van der Waals surface area contributed by atoms with Gasteiger partial charge in [0.2, 0.25) is 0 Å². The Labute approximate surface area is 203 Å². The van der Waals surface area contributed by atoms with E-state index in [2.05, 4.69) is 37.5 Å². The first-order valence-corrected chi connectivity index (χ1v) is 13.2. The normalized spacial score (nSPS) is 40.4. The lowest BCUT2D eigenvalue weighted by atomic mass is 9.61. The molecule has 0 radical (unpaired) electrons. The predicted molar refractivity (Wildman–Crippen MR) is 131 cm³/mol. The number of rotatable bonds is 7. The molecule has 4 rings (SSSR count). The maximum atomic E-state index is 12.5. The molecule has 1 heterocycles. The van der Waals surface area contributed by atoms with Crippen LogP contribution in [0.2, 0.25) is 0 Å². The summed E-state index contributed by atoms with van der Waals surface area (Å²) in [6.07, 6.45) is 8.61. The summed E-state index contributed by atoms with van der Waals surface area (Å²) in [4.78, 5) is 2.41. The fraction of sp³-hybridized carbons (Fsp3) is 0.786. The predicted octanol–water partition coefficient (Wildman–Crippen LogP) is 5.12.